The molecule has 0 atom stereocenters. The lowest BCUT2D eigenvalue weighted by atomic mass is 10.1. The van der Waals surface area contributed by atoms with Crippen LogP contribution >= 0.6 is 11.6 Å². The quantitative estimate of drug-likeness (QED) is 0.751. The molecule has 0 aliphatic heterocycles. The number of alkyl halides is 2. The molecule has 0 aromatic carbocycles. The first-order valence-corrected chi connectivity index (χ1v) is 4.69. The fourth-order valence-electron chi connectivity index (χ4n) is 1.12. The van der Waals surface area contributed by atoms with Gasteiger partial charge in [0.1, 0.15) is 5.56 Å². The Hall–Kier alpha value is -0.970. The topological polar surface area (TPSA) is 34.9 Å². The van der Waals surface area contributed by atoms with Gasteiger partial charge in [-0.1, -0.05) is 11.6 Å². The highest BCUT2D eigenvalue weighted by molar-refractivity contribution is 6.31. The number of halogens is 3. The van der Waals surface area contributed by atoms with E-state index in [9.17, 15) is 13.6 Å². The zero-order valence-electron chi connectivity index (χ0n) is 8.59. The molecule has 1 aromatic rings. The minimum Gasteiger partial charge on any atom is -0.267 e. The molecule has 0 unspecified atom stereocenters. The van der Waals surface area contributed by atoms with E-state index in [-0.39, 0.29) is 5.02 Å². The molecule has 15 heavy (non-hydrogen) atoms. The second-order valence-corrected chi connectivity index (χ2v) is 4.50. The van der Waals surface area contributed by atoms with Crippen molar-refractivity contribution in [1.82, 2.24) is 9.78 Å². The Balaban J connectivity index is 3.50. The minimum atomic E-state index is -2.89. The van der Waals surface area contributed by atoms with E-state index < -0.39 is 23.1 Å². The van der Waals surface area contributed by atoms with Crippen LogP contribution in [-0.2, 0) is 5.54 Å². The molecule has 0 fully saturated rings. The van der Waals surface area contributed by atoms with E-state index in [0.717, 1.165) is 10.9 Å². The van der Waals surface area contributed by atoms with Crippen molar-refractivity contribution in [1.29, 1.82) is 0 Å². The van der Waals surface area contributed by atoms with Crippen molar-refractivity contribution >= 4 is 11.6 Å². The second-order valence-electron chi connectivity index (χ2n) is 4.09. The summed E-state index contributed by atoms with van der Waals surface area (Å²) in [5.74, 6) is 0. The molecule has 0 saturated carbocycles. The third kappa shape index (κ3) is 2.34. The molecule has 84 valence electrons. The Kier molecular flexibility index (Phi) is 3.13. The summed E-state index contributed by atoms with van der Waals surface area (Å²) in [7, 11) is 0. The van der Waals surface area contributed by atoms with Gasteiger partial charge in [-0.3, -0.25) is 4.79 Å². The van der Waals surface area contributed by atoms with E-state index in [4.69, 9.17) is 11.6 Å². The van der Waals surface area contributed by atoms with Gasteiger partial charge in [-0.25, -0.2) is 13.5 Å². The predicted molar refractivity (Wildman–Crippen MR) is 53.5 cm³/mol. The van der Waals surface area contributed by atoms with Gasteiger partial charge in [-0.15, -0.1) is 0 Å². The Morgan fingerprint density at radius 1 is 1.47 bits per heavy atom. The zero-order valence-corrected chi connectivity index (χ0v) is 9.35. The Bertz CT molecular complexity index is 423. The average Bonchev–Trinajstić information content (AvgIpc) is 2.00. The molecule has 0 bridgehead atoms. The van der Waals surface area contributed by atoms with Gasteiger partial charge in [0.15, 0.2) is 0 Å². The maximum Gasteiger partial charge on any atom is 0.277 e. The molecule has 1 rings (SSSR count). The van der Waals surface area contributed by atoms with Gasteiger partial charge in [0, 0.05) is 0 Å². The van der Waals surface area contributed by atoms with Crippen molar-refractivity contribution in [2.24, 2.45) is 0 Å². The van der Waals surface area contributed by atoms with E-state index in [0.29, 0.717) is 0 Å². The third-order valence-corrected chi connectivity index (χ3v) is 2.12. The molecular formula is C9H11ClF2N2O. The van der Waals surface area contributed by atoms with Gasteiger partial charge in [0.05, 0.1) is 16.8 Å². The van der Waals surface area contributed by atoms with Crippen LogP contribution < -0.4 is 5.56 Å². The van der Waals surface area contributed by atoms with Crippen LogP contribution in [0.15, 0.2) is 11.0 Å². The largest absolute Gasteiger partial charge is 0.277 e. The molecule has 1 heterocycles. The normalized spacial score (nSPS) is 12.2. The maximum absolute atomic E-state index is 12.5. The summed E-state index contributed by atoms with van der Waals surface area (Å²) in [5, 5.41) is 3.44. The molecular weight excluding hydrogens is 226 g/mol. The van der Waals surface area contributed by atoms with E-state index >= 15 is 0 Å². The molecule has 0 aliphatic carbocycles. The van der Waals surface area contributed by atoms with Crippen molar-refractivity contribution in [3.8, 4) is 0 Å². The predicted octanol–water partition coefficient (Wildman–Crippen LogP) is 2.59. The molecule has 0 radical (unpaired) electrons. The Morgan fingerprint density at radius 3 is 2.40 bits per heavy atom. The van der Waals surface area contributed by atoms with Gasteiger partial charge in [0.2, 0.25) is 0 Å². The fourth-order valence-corrected chi connectivity index (χ4v) is 1.33. The molecule has 6 heteroatoms. The highest BCUT2D eigenvalue weighted by Crippen LogP contribution is 2.23. The number of aromatic nitrogens is 2. The molecule has 0 saturated heterocycles. The highest BCUT2D eigenvalue weighted by Gasteiger charge is 2.24. The van der Waals surface area contributed by atoms with Crippen molar-refractivity contribution in [2.75, 3.05) is 0 Å². The number of hydrogen-bond donors (Lipinski definition) is 0. The van der Waals surface area contributed by atoms with Crippen LogP contribution in [0.1, 0.15) is 32.8 Å². The first-order valence-electron chi connectivity index (χ1n) is 4.31. The highest BCUT2D eigenvalue weighted by atomic mass is 35.5. The first-order chi connectivity index (χ1) is 6.75. The van der Waals surface area contributed by atoms with Crippen molar-refractivity contribution in [3.63, 3.8) is 0 Å². The van der Waals surface area contributed by atoms with Crippen LogP contribution in [0.4, 0.5) is 8.78 Å². The summed E-state index contributed by atoms with van der Waals surface area (Å²) in [4.78, 5) is 11.6. The van der Waals surface area contributed by atoms with Crippen molar-refractivity contribution in [3.05, 3.63) is 27.1 Å². The summed E-state index contributed by atoms with van der Waals surface area (Å²) in [6.45, 7) is 5.10. The van der Waals surface area contributed by atoms with Crippen LogP contribution in [0.5, 0.6) is 0 Å². The zero-order chi connectivity index (χ0) is 11.8. The van der Waals surface area contributed by atoms with Crippen molar-refractivity contribution in [2.45, 2.75) is 32.7 Å². The molecule has 0 N–H and O–H groups in total. The molecule has 0 amide bonds. The number of rotatable bonds is 1. The lowest BCUT2D eigenvalue weighted by Crippen LogP contribution is -2.37. The third-order valence-electron chi connectivity index (χ3n) is 1.82. The van der Waals surface area contributed by atoms with E-state index in [1.54, 1.807) is 20.8 Å². The summed E-state index contributed by atoms with van der Waals surface area (Å²) in [5.41, 5.74) is -2.18. The second kappa shape index (κ2) is 3.89. The average molecular weight is 237 g/mol. The first kappa shape index (κ1) is 12.1. The van der Waals surface area contributed by atoms with Crippen LogP contribution in [-0.4, -0.2) is 9.78 Å². The summed E-state index contributed by atoms with van der Waals surface area (Å²) in [6, 6.07) is 0. The fraction of sp³-hybridized carbons (Fsp3) is 0.556. The van der Waals surface area contributed by atoms with Crippen LogP contribution in [0.3, 0.4) is 0 Å². The minimum absolute atomic E-state index is 0.296. The van der Waals surface area contributed by atoms with E-state index in [1.807, 2.05) is 0 Å². The summed E-state index contributed by atoms with van der Waals surface area (Å²) in [6.07, 6.45) is -1.82. The molecule has 3 nitrogen and oxygen atoms in total. The van der Waals surface area contributed by atoms with E-state index in [2.05, 4.69) is 5.10 Å². The van der Waals surface area contributed by atoms with Gasteiger partial charge in [-0.05, 0) is 20.8 Å². The van der Waals surface area contributed by atoms with Gasteiger partial charge < -0.3 is 0 Å². The smallest absolute Gasteiger partial charge is 0.267 e. The maximum atomic E-state index is 12.5. The molecule has 1 aromatic heterocycles. The van der Waals surface area contributed by atoms with Gasteiger partial charge in [-0.2, -0.15) is 5.10 Å². The van der Waals surface area contributed by atoms with Crippen LogP contribution in [0.2, 0.25) is 5.02 Å². The number of nitrogens with zero attached hydrogens (tertiary/aromatic N) is 2. The molecule has 0 aliphatic rings. The molecule has 0 spiro atoms. The number of hydrogen-bond acceptors (Lipinski definition) is 2. The van der Waals surface area contributed by atoms with Gasteiger partial charge >= 0.3 is 0 Å². The van der Waals surface area contributed by atoms with E-state index in [1.165, 1.54) is 0 Å². The Morgan fingerprint density at radius 2 is 2.00 bits per heavy atom. The van der Waals surface area contributed by atoms with Crippen LogP contribution in [0.25, 0.3) is 0 Å². The van der Waals surface area contributed by atoms with Gasteiger partial charge in [0.25, 0.3) is 12.0 Å². The van der Waals surface area contributed by atoms with Crippen molar-refractivity contribution < 1.29 is 8.78 Å². The lowest BCUT2D eigenvalue weighted by Gasteiger charge is -2.21. The SMILES string of the molecule is CC(C)(C)n1ncc(Cl)c(C(F)F)c1=O. The Labute approximate surface area is 90.7 Å². The van der Waals surface area contributed by atoms with Crippen LogP contribution in [0, 0.1) is 0 Å². The standard InChI is InChI=1S/C9H11ClF2N2O/c1-9(2,3)14-8(15)6(7(11)12)5(10)4-13-14/h4,7H,1-3H3. The summed E-state index contributed by atoms with van der Waals surface area (Å²) < 4.78 is 26.1. The summed E-state index contributed by atoms with van der Waals surface area (Å²) >= 11 is 5.49. The lowest BCUT2D eigenvalue weighted by molar-refractivity contribution is 0.147. The monoisotopic (exact) mass is 236 g/mol.